The van der Waals surface area contributed by atoms with Crippen LogP contribution in [0.2, 0.25) is 0 Å². The van der Waals surface area contributed by atoms with E-state index in [1.807, 2.05) is 6.92 Å². The van der Waals surface area contributed by atoms with Crippen molar-refractivity contribution in [3.63, 3.8) is 0 Å². The van der Waals surface area contributed by atoms with Gasteiger partial charge in [0, 0.05) is 13.0 Å². The third-order valence-electron chi connectivity index (χ3n) is 10.7. The molecule has 0 aliphatic carbocycles. The van der Waals surface area contributed by atoms with Crippen LogP contribution in [0, 0.1) is 11.8 Å². The van der Waals surface area contributed by atoms with E-state index in [0.717, 1.165) is 0 Å². The zero-order valence-corrected chi connectivity index (χ0v) is 35.0. The number of nitrogens with one attached hydrogen (secondary N) is 5. The number of rotatable bonds is 23. The number of carbonyl (C=O) groups excluding carboxylic acids is 8. The van der Waals surface area contributed by atoms with Gasteiger partial charge in [-0.2, -0.15) is 0 Å². The van der Waals surface area contributed by atoms with Crippen molar-refractivity contribution < 1.29 is 48.6 Å². The monoisotopic (exact) mass is 851 g/mol. The van der Waals surface area contributed by atoms with Crippen LogP contribution in [0.5, 0.6) is 0 Å². The van der Waals surface area contributed by atoms with Crippen LogP contribution in [0.3, 0.4) is 0 Å². The second-order valence-corrected chi connectivity index (χ2v) is 15.7. The van der Waals surface area contributed by atoms with E-state index in [9.17, 15) is 48.6 Å². The van der Waals surface area contributed by atoms with Gasteiger partial charge in [0.25, 0.3) is 5.91 Å². The zero-order valence-electron chi connectivity index (χ0n) is 35.0. The summed E-state index contributed by atoms with van der Waals surface area (Å²) in [7, 11) is 0. The summed E-state index contributed by atoms with van der Waals surface area (Å²) in [6.45, 7) is 6.35. The predicted molar refractivity (Wildman–Crippen MR) is 223 cm³/mol. The standard InChI is InChI=1S/C42H61N9O10/c1-5-24(4)34(41(60)49-33(23(2)3)36(45)55)50-40(59)31-17-12-18-51(31)42(61)35(54)28(19-25-13-8-6-9-14-25)46-39(58)30(21-32(44)53)48-38(57)29(47-37(56)27(43)22-52)20-26-15-10-7-11-16-26/h6-11,13-16,23-24,27-31,33-35,52,54H,5,12,17-22,43H2,1-4H3,(H2,44,53)(H2,45,55)(H,46,58)(H,47,56)(H,48,57)(H,49,60)(H,50,59)/t24-,27+,28+,29+,30+,31+,33+,34+,35-/m1/s1. The molecule has 9 atom stereocenters. The quantitative estimate of drug-likeness (QED) is 0.0564. The molecule has 2 aromatic rings. The molecular formula is C42H61N9O10. The molecule has 0 spiro atoms. The summed E-state index contributed by atoms with van der Waals surface area (Å²) in [5.74, 6) is -7.37. The third kappa shape index (κ3) is 14.6. The number of nitrogens with two attached hydrogens (primary N) is 3. The first kappa shape index (κ1) is 49.4. The summed E-state index contributed by atoms with van der Waals surface area (Å²) in [6.07, 6.45) is -1.79. The van der Waals surface area contributed by atoms with Crippen molar-refractivity contribution in [3.05, 3.63) is 71.8 Å². The molecule has 1 aliphatic rings. The zero-order chi connectivity index (χ0) is 45.4. The molecule has 13 N–H and O–H groups in total. The lowest BCUT2D eigenvalue weighted by Crippen LogP contribution is -2.61. The molecule has 61 heavy (non-hydrogen) atoms. The van der Waals surface area contributed by atoms with Crippen molar-refractivity contribution in [1.29, 1.82) is 0 Å². The Morgan fingerprint density at radius 1 is 0.738 bits per heavy atom. The fourth-order valence-electron chi connectivity index (χ4n) is 6.90. The van der Waals surface area contributed by atoms with E-state index >= 15 is 0 Å². The van der Waals surface area contributed by atoms with Gasteiger partial charge < -0.3 is 58.9 Å². The van der Waals surface area contributed by atoms with Crippen LogP contribution >= 0.6 is 0 Å². The summed E-state index contributed by atoms with van der Waals surface area (Å²) in [5.41, 5.74) is 17.9. The largest absolute Gasteiger partial charge is 0.394 e. The number of aliphatic hydroxyl groups is 2. The van der Waals surface area contributed by atoms with Crippen molar-refractivity contribution in [1.82, 2.24) is 31.5 Å². The summed E-state index contributed by atoms with van der Waals surface area (Å²) in [6, 6.07) is 8.22. The van der Waals surface area contributed by atoms with Crippen LogP contribution < -0.4 is 43.8 Å². The van der Waals surface area contributed by atoms with Gasteiger partial charge in [0.1, 0.15) is 36.3 Å². The van der Waals surface area contributed by atoms with E-state index in [2.05, 4.69) is 26.6 Å². The van der Waals surface area contributed by atoms with Crippen LogP contribution in [-0.4, -0.2) is 124 Å². The molecule has 0 unspecified atom stereocenters. The number of hydrogen-bond donors (Lipinski definition) is 10. The molecule has 0 aromatic heterocycles. The summed E-state index contributed by atoms with van der Waals surface area (Å²) >= 11 is 0. The van der Waals surface area contributed by atoms with E-state index in [-0.39, 0.29) is 37.6 Å². The summed E-state index contributed by atoms with van der Waals surface area (Å²) in [4.78, 5) is 107. The first-order chi connectivity index (χ1) is 28.9. The number of carbonyl (C=O) groups is 8. The van der Waals surface area contributed by atoms with Gasteiger partial charge in [0.2, 0.25) is 41.4 Å². The van der Waals surface area contributed by atoms with Gasteiger partial charge >= 0.3 is 0 Å². The normalized spacial score (nSPS) is 17.6. The highest BCUT2D eigenvalue weighted by Crippen LogP contribution is 2.22. The van der Waals surface area contributed by atoms with Crippen molar-refractivity contribution in [2.24, 2.45) is 29.0 Å². The Morgan fingerprint density at radius 2 is 1.30 bits per heavy atom. The van der Waals surface area contributed by atoms with Gasteiger partial charge in [-0.15, -0.1) is 0 Å². The molecule has 334 valence electrons. The Balaban J connectivity index is 1.88. The average Bonchev–Trinajstić information content (AvgIpc) is 3.73. The Bertz CT molecular complexity index is 1830. The van der Waals surface area contributed by atoms with Gasteiger partial charge in [-0.25, -0.2) is 0 Å². The molecule has 19 heteroatoms. The minimum absolute atomic E-state index is 0.0616. The van der Waals surface area contributed by atoms with Crippen LogP contribution in [0.15, 0.2) is 60.7 Å². The number of aliphatic hydroxyl groups excluding tert-OH is 2. The van der Waals surface area contributed by atoms with Crippen molar-refractivity contribution in [3.8, 4) is 0 Å². The van der Waals surface area contributed by atoms with Crippen molar-refractivity contribution in [2.75, 3.05) is 13.2 Å². The topological polar surface area (TPSA) is 318 Å². The Morgan fingerprint density at radius 3 is 1.82 bits per heavy atom. The molecule has 1 heterocycles. The molecule has 2 aromatic carbocycles. The second-order valence-electron chi connectivity index (χ2n) is 15.7. The Hall–Kier alpha value is -5.92. The molecule has 8 amide bonds. The maximum atomic E-state index is 14.2. The lowest BCUT2D eigenvalue weighted by atomic mass is 9.96. The van der Waals surface area contributed by atoms with Crippen molar-refractivity contribution >= 4 is 47.3 Å². The summed E-state index contributed by atoms with van der Waals surface area (Å²) < 4.78 is 0. The van der Waals surface area contributed by atoms with Crippen LogP contribution in [0.1, 0.15) is 64.5 Å². The number of amides is 8. The van der Waals surface area contributed by atoms with E-state index in [1.165, 1.54) is 4.90 Å². The maximum absolute atomic E-state index is 14.2. The van der Waals surface area contributed by atoms with Crippen LogP contribution in [0.25, 0.3) is 0 Å². The molecule has 1 saturated heterocycles. The first-order valence-corrected chi connectivity index (χ1v) is 20.4. The van der Waals surface area contributed by atoms with Gasteiger partial charge in [-0.05, 0) is 42.2 Å². The van der Waals surface area contributed by atoms with Gasteiger partial charge in [-0.3, -0.25) is 38.4 Å². The lowest BCUT2D eigenvalue weighted by molar-refractivity contribution is -0.147. The fraction of sp³-hybridized carbons (Fsp3) is 0.524. The van der Waals surface area contributed by atoms with E-state index in [0.29, 0.717) is 24.0 Å². The fourth-order valence-corrected chi connectivity index (χ4v) is 6.90. The molecule has 0 bridgehead atoms. The van der Waals surface area contributed by atoms with Gasteiger partial charge in [-0.1, -0.05) is 94.8 Å². The van der Waals surface area contributed by atoms with E-state index in [1.54, 1.807) is 81.4 Å². The third-order valence-corrected chi connectivity index (χ3v) is 10.7. The smallest absolute Gasteiger partial charge is 0.254 e. The van der Waals surface area contributed by atoms with Crippen LogP contribution in [-0.2, 0) is 51.2 Å². The Labute approximate surface area is 355 Å². The lowest BCUT2D eigenvalue weighted by Gasteiger charge is -2.33. The summed E-state index contributed by atoms with van der Waals surface area (Å²) in [5, 5.41) is 34.0. The minimum Gasteiger partial charge on any atom is -0.394 e. The first-order valence-electron chi connectivity index (χ1n) is 20.4. The number of primary amides is 2. The molecule has 0 radical (unpaired) electrons. The van der Waals surface area contributed by atoms with Crippen LogP contribution in [0.4, 0.5) is 0 Å². The highest BCUT2D eigenvalue weighted by atomic mass is 16.3. The number of nitrogens with zero attached hydrogens (tertiary/aromatic N) is 1. The minimum atomic E-state index is -1.96. The SMILES string of the molecule is CC[C@@H](C)[C@H](NC(=O)[C@@H]1CCCN1C(=O)[C@H](O)[C@H](Cc1ccccc1)NC(=O)[C@H](CC(N)=O)NC(=O)[C@H](Cc1ccccc1)NC(=O)[C@@H](N)CO)C(=O)N[C@H](C(N)=O)C(C)C. The molecule has 19 nitrogen and oxygen atoms in total. The molecule has 1 aliphatic heterocycles. The molecule has 3 rings (SSSR count). The average molecular weight is 852 g/mol. The highest BCUT2D eigenvalue weighted by molar-refractivity contribution is 5.97. The molecule has 1 fully saturated rings. The number of likely N-dealkylation sites (tertiary alicyclic amines) is 1. The van der Waals surface area contributed by atoms with Crippen molar-refractivity contribution in [2.45, 2.75) is 115 Å². The van der Waals surface area contributed by atoms with E-state index in [4.69, 9.17) is 17.2 Å². The number of benzene rings is 2. The van der Waals surface area contributed by atoms with Gasteiger partial charge in [0.05, 0.1) is 19.1 Å². The second kappa shape index (κ2) is 23.8. The highest BCUT2D eigenvalue weighted by Gasteiger charge is 2.42. The maximum Gasteiger partial charge on any atom is 0.254 e. The number of hydrogen-bond acceptors (Lipinski definition) is 11. The molecule has 0 saturated carbocycles. The van der Waals surface area contributed by atoms with E-state index < -0.39 is 109 Å². The van der Waals surface area contributed by atoms with Gasteiger partial charge in [0.15, 0.2) is 6.10 Å². The molecular weight excluding hydrogens is 791 g/mol. The predicted octanol–water partition coefficient (Wildman–Crippen LogP) is -2.37. The Kier molecular flexibility index (Phi) is 19.3.